The summed E-state index contributed by atoms with van der Waals surface area (Å²) in [6, 6.07) is 0. The van der Waals surface area contributed by atoms with Crippen molar-refractivity contribution in [2.75, 3.05) is 0 Å². The van der Waals surface area contributed by atoms with Crippen molar-refractivity contribution in [3.8, 4) is 0 Å². The fourth-order valence-electron chi connectivity index (χ4n) is 7.19. The van der Waals surface area contributed by atoms with Crippen LogP contribution in [-0.4, -0.2) is 22.4 Å². The second-order valence-corrected chi connectivity index (χ2v) is 9.31. The van der Waals surface area contributed by atoms with Gasteiger partial charge in [0.05, 0.1) is 12.2 Å². The fourth-order valence-corrected chi connectivity index (χ4v) is 7.19. The summed E-state index contributed by atoms with van der Waals surface area (Å²) in [4.78, 5) is 0. The summed E-state index contributed by atoms with van der Waals surface area (Å²) in [7, 11) is 0. The highest BCUT2D eigenvalue weighted by Crippen LogP contribution is 2.66. The first-order valence-corrected chi connectivity index (χ1v) is 9.30. The summed E-state index contributed by atoms with van der Waals surface area (Å²) < 4.78 is 0. The van der Waals surface area contributed by atoms with Crippen molar-refractivity contribution < 1.29 is 10.2 Å². The van der Waals surface area contributed by atoms with E-state index in [2.05, 4.69) is 13.8 Å². The molecule has 4 rings (SSSR count). The first kappa shape index (κ1) is 14.5. The minimum Gasteiger partial charge on any atom is -0.393 e. The number of fused-ring (bicyclic) bond motifs is 5. The van der Waals surface area contributed by atoms with E-state index < -0.39 is 0 Å². The van der Waals surface area contributed by atoms with E-state index in [0.717, 1.165) is 25.2 Å². The van der Waals surface area contributed by atoms with Crippen LogP contribution in [0, 0.1) is 34.5 Å². The van der Waals surface area contributed by atoms with Crippen LogP contribution in [0.25, 0.3) is 0 Å². The van der Waals surface area contributed by atoms with E-state index >= 15 is 0 Å². The fraction of sp³-hybridized carbons (Fsp3) is 1.00. The van der Waals surface area contributed by atoms with Gasteiger partial charge in [-0.3, -0.25) is 0 Å². The van der Waals surface area contributed by atoms with Gasteiger partial charge in [-0.1, -0.05) is 20.3 Å². The van der Waals surface area contributed by atoms with Gasteiger partial charge in [0.25, 0.3) is 0 Å². The Bertz CT molecular complexity index is 422. The lowest BCUT2D eigenvalue weighted by atomic mass is 9.44. The largest absolute Gasteiger partial charge is 0.393 e. The van der Waals surface area contributed by atoms with Crippen molar-refractivity contribution in [1.29, 1.82) is 0 Å². The highest BCUT2D eigenvalue weighted by atomic mass is 16.3. The molecule has 4 saturated carbocycles. The predicted octanol–water partition coefficient (Wildman–Crippen LogP) is 3.75. The third-order valence-electron chi connectivity index (χ3n) is 8.44. The molecule has 0 aliphatic heterocycles. The normalized spacial score (nSPS) is 60.0. The second-order valence-electron chi connectivity index (χ2n) is 9.31. The molecule has 0 aromatic carbocycles. The van der Waals surface area contributed by atoms with Crippen LogP contribution < -0.4 is 0 Å². The molecule has 0 aromatic heterocycles. The molecule has 4 aliphatic rings. The maximum Gasteiger partial charge on any atom is 0.0577 e. The number of aliphatic hydroxyl groups is 2. The molecule has 8 atom stereocenters. The van der Waals surface area contributed by atoms with Crippen molar-refractivity contribution in [3.63, 3.8) is 0 Å². The van der Waals surface area contributed by atoms with E-state index in [1.54, 1.807) is 0 Å². The molecule has 120 valence electrons. The van der Waals surface area contributed by atoms with Crippen molar-refractivity contribution in [2.45, 2.75) is 83.8 Å². The number of rotatable bonds is 0. The first-order valence-electron chi connectivity index (χ1n) is 9.30. The molecule has 0 amide bonds. The van der Waals surface area contributed by atoms with Crippen molar-refractivity contribution in [3.05, 3.63) is 0 Å². The predicted molar refractivity (Wildman–Crippen MR) is 83.7 cm³/mol. The zero-order valence-corrected chi connectivity index (χ0v) is 13.7. The Labute approximate surface area is 129 Å². The summed E-state index contributed by atoms with van der Waals surface area (Å²) in [6.07, 6.45) is 10.6. The van der Waals surface area contributed by atoms with E-state index in [1.807, 2.05) is 0 Å². The molecule has 0 heterocycles. The molecular formula is C19H32O2. The van der Waals surface area contributed by atoms with Gasteiger partial charge in [0.2, 0.25) is 0 Å². The minimum absolute atomic E-state index is 0.110. The molecule has 0 saturated heterocycles. The average Bonchev–Trinajstić information content (AvgIpc) is 2.82. The van der Waals surface area contributed by atoms with Crippen LogP contribution >= 0.6 is 0 Å². The van der Waals surface area contributed by atoms with Gasteiger partial charge in [0.15, 0.2) is 0 Å². The van der Waals surface area contributed by atoms with Crippen LogP contribution in [-0.2, 0) is 0 Å². The first-order chi connectivity index (χ1) is 9.94. The van der Waals surface area contributed by atoms with E-state index in [-0.39, 0.29) is 12.2 Å². The number of hydrogen-bond donors (Lipinski definition) is 2. The number of hydrogen-bond acceptors (Lipinski definition) is 2. The molecule has 0 radical (unpaired) electrons. The zero-order chi connectivity index (χ0) is 14.8. The van der Waals surface area contributed by atoms with Gasteiger partial charge < -0.3 is 10.2 Å². The lowest BCUT2D eigenvalue weighted by Crippen LogP contribution is -2.57. The summed E-state index contributed by atoms with van der Waals surface area (Å²) >= 11 is 0. The van der Waals surface area contributed by atoms with Crippen LogP contribution in [0.3, 0.4) is 0 Å². The van der Waals surface area contributed by atoms with Gasteiger partial charge >= 0.3 is 0 Å². The molecule has 2 heteroatoms. The summed E-state index contributed by atoms with van der Waals surface area (Å²) in [5, 5.41) is 21.0. The Morgan fingerprint density at radius 1 is 0.857 bits per heavy atom. The van der Waals surface area contributed by atoms with Gasteiger partial charge in [-0.2, -0.15) is 0 Å². The summed E-state index contributed by atoms with van der Waals surface area (Å²) in [6.45, 7) is 4.98. The maximum absolute atomic E-state index is 10.9. The molecule has 0 spiro atoms. The Hall–Kier alpha value is -0.0800. The van der Waals surface area contributed by atoms with E-state index in [9.17, 15) is 10.2 Å². The molecule has 4 aliphatic carbocycles. The van der Waals surface area contributed by atoms with Crippen LogP contribution in [0.5, 0.6) is 0 Å². The minimum atomic E-state index is -0.118. The summed E-state index contributed by atoms with van der Waals surface area (Å²) in [5.41, 5.74) is 0.895. The third-order valence-corrected chi connectivity index (χ3v) is 8.44. The van der Waals surface area contributed by atoms with Crippen LogP contribution in [0.1, 0.15) is 71.6 Å². The molecular weight excluding hydrogens is 260 g/mol. The standard InChI is InChI=1S/C19H32O2/c1-18-7-3-4-14(18)17-15(6-8-18)19(2)9-5-13(20)10-12(19)11-16(17)21/h12-17,20-21H,3-11H2,1-2H3/t12?,13-,14+,15+,16?,17?,18?,19?/m1/s1. The molecule has 2 nitrogen and oxygen atoms in total. The average molecular weight is 292 g/mol. The zero-order valence-electron chi connectivity index (χ0n) is 13.7. The van der Waals surface area contributed by atoms with Gasteiger partial charge in [-0.15, -0.1) is 0 Å². The van der Waals surface area contributed by atoms with E-state index in [4.69, 9.17) is 0 Å². The van der Waals surface area contributed by atoms with Crippen LogP contribution in [0.2, 0.25) is 0 Å². The Kier molecular flexibility index (Phi) is 3.25. The molecule has 0 bridgehead atoms. The van der Waals surface area contributed by atoms with Crippen molar-refractivity contribution >= 4 is 0 Å². The molecule has 5 unspecified atom stereocenters. The van der Waals surface area contributed by atoms with E-state index in [0.29, 0.717) is 28.6 Å². The van der Waals surface area contributed by atoms with Gasteiger partial charge in [0.1, 0.15) is 0 Å². The molecule has 2 N–H and O–H groups in total. The van der Waals surface area contributed by atoms with Gasteiger partial charge in [-0.05, 0) is 85.9 Å². The summed E-state index contributed by atoms with van der Waals surface area (Å²) in [5.74, 6) is 2.55. The topological polar surface area (TPSA) is 40.5 Å². The van der Waals surface area contributed by atoms with Crippen molar-refractivity contribution in [1.82, 2.24) is 0 Å². The second kappa shape index (κ2) is 4.71. The third kappa shape index (κ3) is 1.97. The lowest BCUT2D eigenvalue weighted by molar-refractivity contribution is -0.168. The molecule has 21 heavy (non-hydrogen) atoms. The quantitative estimate of drug-likeness (QED) is 0.714. The smallest absolute Gasteiger partial charge is 0.0577 e. The van der Waals surface area contributed by atoms with Crippen LogP contribution in [0.15, 0.2) is 0 Å². The number of aliphatic hydroxyl groups excluding tert-OH is 2. The monoisotopic (exact) mass is 292 g/mol. The van der Waals surface area contributed by atoms with Gasteiger partial charge in [-0.25, -0.2) is 0 Å². The Morgan fingerprint density at radius 3 is 2.48 bits per heavy atom. The maximum atomic E-state index is 10.9. The van der Waals surface area contributed by atoms with Crippen molar-refractivity contribution in [2.24, 2.45) is 34.5 Å². The van der Waals surface area contributed by atoms with Gasteiger partial charge in [0, 0.05) is 0 Å². The Balaban J connectivity index is 1.67. The highest BCUT2D eigenvalue weighted by molar-refractivity contribution is 5.09. The van der Waals surface area contributed by atoms with E-state index in [1.165, 1.54) is 38.5 Å². The van der Waals surface area contributed by atoms with Crippen LogP contribution in [0.4, 0.5) is 0 Å². The lowest BCUT2D eigenvalue weighted by Gasteiger charge is -2.61. The SMILES string of the molecule is CC12CCC[C@H]1C1C(O)CC3C[C@H](O)CCC3(C)[C@H]1CC2. The Morgan fingerprint density at radius 2 is 1.67 bits per heavy atom. The molecule has 4 fully saturated rings. The molecule has 0 aromatic rings. The highest BCUT2D eigenvalue weighted by Gasteiger charge is 2.60.